The third-order valence-electron chi connectivity index (χ3n) is 11.4. The Balaban J connectivity index is 5.90. The largest absolute Gasteiger partial charge is 0.480 e. The van der Waals surface area contributed by atoms with E-state index in [0.29, 0.717) is 31.4 Å². The fourth-order valence-corrected chi connectivity index (χ4v) is 7.20. The first kappa shape index (κ1) is 66.9. The first-order valence-corrected chi connectivity index (χ1v) is 25.7. The predicted molar refractivity (Wildman–Crippen MR) is 269 cm³/mol. The second-order valence-corrected chi connectivity index (χ2v) is 19.0. The Bertz CT molecular complexity index is 1880. The van der Waals surface area contributed by atoms with Crippen molar-refractivity contribution in [1.29, 1.82) is 0 Å². The maximum atomic E-state index is 13.9. The van der Waals surface area contributed by atoms with E-state index in [4.69, 9.17) is 17.2 Å². The van der Waals surface area contributed by atoms with Crippen LogP contribution in [0, 0.1) is 17.8 Å². The Morgan fingerprint density at radius 2 is 1.03 bits per heavy atom. The van der Waals surface area contributed by atoms with E-state index in [-0.39, 0.29) is 31.7 Å². The molecule has 0 bridgehead atoms. The average Bonchev–Trinajstić information content (AvgIpc) is 3.33. The number of aliphatic carboxylic acids is 1. The van der Waals surface area contributed by atoms with Gasteiger partial charge in [-0.05, 0) is 75.3 Å². The minimum absolute atomic E-state index is 0.0120. The van der Waals surface area contributed by atoms with Crippen molar-refractivity contribution in [2.45, 2.75) is 148 Å². The molecule has 0 heterocycles. The summed E-state index contributed by atoms with van der Waals surface area (Å²) in [7, 11) is 0. The van der Waals surface area contributed by atoms with Gasteiger partial charge in [0.2, 0.25) is 65.0 Å². The third-order valence-corrected chi connectivity index (χ3v) is 12.1. The molecule has 0 saturated heterocycles. The Morgan fingerprint density at radius 3 is 1.53 bits per heavy atom. The molecule has 0 radical (unpaired) electrons. The lowest BCUT2D eigenvalue weighted by molar-refractivity contribution is -0.142. The molecule has 0 unspecified atom stereocenters. The van der Waals surface area contributed by atoms with E-state index >= 15 is 0 Å². The lowest BCUT2D eigenvalue weighted by Crippen LogP contribution is -2.60. The van der Waals surface area contributed by atoms with Crippen LogP contribution in [0.5, 0.6) is 0 Å². The second-order valence-electron chi connectivity index (χ2n) is 18.0. The summed E-state index contributed by atoms with van der Waals surface area (Å²) in [6.07, 6.45) is 2.91. The SMILES string of the molecule is CC[C@H](C)[C@H](NC(=O)[C@H](C)NC(=O)CNC(=O)[C@H](CCCCN)NC(=O)[C@@H](CC(N)=O)NC(=O)[C@H](CO)NC(=O)CN)C(=O)N[C@H](C(=O)NCC(=O)N[C@@H](CC(C)C)C(=O)N[C@@H](CCSC)C(=O)O)[C@@H](C)CC. The Kier molecular flexibility index (Phi) is 32.9. The number of unbranched alkanes of at least 4 members (excludes halogenated alkanes) is 1. The van der Waals surface area contributed by atoms with Crippen LogP contribution in [0.1, 0.15) is 99.8 Å². The highest BCUT2D eigenvalue weighted by molar-refractivity contribution is 7.98. The quantitative estimate of drug-likeness (QED) is 0.0259. The molecular formula is C45H81N13O14S. The molecule has 0 spiro atoms. The first-order chi connectivity index (χ1) is 34.3. The van der Waals surface area contributed by atoms with Crippen LogP contribution < -0.4 is 70.4 Å². The van der Waals surface area contributed by atoms with Crippen LogP contribution in [0.3, 0.4) is 0 Å². The van der Waals surface area contributed by atoms with Gasteiger partial charge < -0.3 is 80.6 Å². The minimum atomic E-state index is -1.66. The molecule has 11 amide bonds. The van der Waals surface area contributed by atoms with Crippen LogP contribution in [0.15, 0.2) is 0 Å². The van der Waals surface area contributed by atoms with E-state index in [1.54, 1.807) is 34.0 Å². The van der Waals surface area contributed by atoms with Gasteiger partial charge in [-0.15, -0.1) is 0 Å². The van der Waals surface area contributed by atoms with Crippen molar-refractivity contribution in [2.75, 3.05) is 44.8 Å². The molecule has 0 rings (SSSR count). The number of hydrogen-bond acceptors (Lipinski definition) is 16. The Morgan fingerprint density at radius 1 is 0.534 bits per heavy atom. The van der Waals surface area contributed by atoms with Crippen molar-refractivity contribution in [2.24, 2.45) is 35.0 Å². The van der Waals surface area contributed by atoms with Crippen LogP contribution in [0.4, 0.5) is 0 Å². The van der Waals surface area contributed by atoms with E-state index in [9.17, 15) is 67.7 Å². The topological polar surface area (TPSA) is 444 Å². The monoisotopic (exact) mass is 1060 g/mol. The van der Waals surface area contributed by atoms with Gasteiger partial charge in [-0.25, -0.2) is 4.79 Å². The number of amides is 11. The highest BCUT2D eigenvalue weighted by Gasteiger charge is 2.35. The number of nitrogens with one attached hydrogen (secondary N) is 10. The van der Waals surface area contributed by atoms with Gasteiger partial charge in [-0.2, -0.15) is 11.8 Å². The summed E-state index contributed by atoms with van der Waals surface area (Å²) in [5, 5.41) is 43.5. The molecule has 416 valence electrons. The number of hydrogen-bond donors (Lipinski definition) is 15. The van der Waals surface area contributed by atoms with E-state index in [2.05, 4.69) is 53.2 Å². The summed E-state index contributed by atoms with van der Waals surface area (Å²) in [5.41, 5.74) is 16.1. The number of carboxylic acid groups (broad SMARTS) is 1. The van der Waals surface area contributed by atoms with Gasteiger partial charge in [0, 0.05) is 0 Å². The molecule has 0 aliphatic heterocycles. The third kappa shape index (κ3) is 26.4. The van der Waals surface area contributed by atoms with Crippen molar-refractivity contribution in [1.82, 2.24) is 53.2 Å². The number of aliphatic hydroxyl groups is 1. The van der Waals surface area contributed by atoms with E-state index < -0.39 is 164 Å². The molecule has 0 aromatic carbocycles. The molecule has 0 fully saturated rings. The van der Waals surface area contributed by atoms with Crippen molar-refractivity contribution < 1.29 is 67.7 Å². The highest BCUT2D eigenvalue weighted by Crippen LogP contribution is 2.13. The maximum Gasteiger partial charge on any atom is 0.326 e. The van der Waals surface area contributed by atoms with E-state index in [0.717, 1.165) is 0 Å². The molecule has 18 N–H and O–H groups in total. The lowest BCUT2D eigenvalue weighted by atomic mass is 9.94. The minimum Gasteiger partial charge on any atom is -0.480 e. The molecule has 0 aliphatic carbocycles. The number of carbonyl (C=O) groups is 12. The summed E-state index contributed by atoms with van der Waals surface area (Å²) in [6, 6.07) is -10.5. The fourth-order valence-electron chi connectivity index (χ4n) is 6.73. The predicted octanol–water partition coefficient (Wildman–Crippen LogP) is -4.95. The van der Waals surface area contributed by atoms with Gasteiger partial charge >= 0.3 is 5.97 Å². The van der Waals surface area contributed by atoms with Crippen LogP contribution in [-0.4, -0.2) is 174 Å². The Hall–Kier alpha value is -6.13. The van der Waals surface area contributed by atoms with Crippen LogP contribution in [0.2, 0.25) is 0 Å². The fraction of sp³-hybridized carbons (Fsp3) is 0.733. The molecule has 0 saturated carbocycles. The summed E-state index contributed by atoms with van der Waals surface area (Å²) in [5.74, 6) is -11.2. The van der Waals surface area contributed by atoms with E-state index in [1.807, 2.05) is 13.8 Å². The normalized spacial score (nSPS) is 15.1. The zero-order valence-electron chi connectivity index (χ0n) is 43.2. The zero-order chi connectivity index (χ0) is 56.0. The number of thioether (sulfide) groups is 1. The van der Waals surface area contributed by atoms with Crippen molar-refractivity contribution in [3.63, 3.8) is 0 Å². The molecule has 0 aromatic heterocycles. The summed E-state index contributed by atoms with van der Waals surface area (Å²) < 4.78 is 0. The van der Waals surface area contributed by atoms with E-state index in [1.165, 1.54) is 18.7 Å². The van der Waals surface area contributed by atoms with Gasteiger partial charge in [0.15, 0.2) is 0 Å². The van der Waals surface area contributed by atoms with Gasteiger partial charge in [-0.3, -0.25) is 52.7 Å². The second kappa shape index (κ2) is 35.9. The summed E-state index contributed by atoms with van der Waals surface area (Å²) in [4.78, 5) is 155. The number of primary amides is 1. The molecule has 73 heavy (non-hydrogen) atoms. The number of nitrogens with two attached hydrogens (primary N) is 3. The van der Waals surface area contributed by atoms with Crippen molar-refractivity contribution >= 4 is 82.7 Å². The Labute approximate surface area is 430 Å². The maximum absolute atomic E-state index is 13.9. The van der Waals surface area contributed by atoms with Crippen LogP contribution in [0.25, 0.3) is 0 Å². The van der Waals surface area contributed by atoms with Gasteiger partial charge in [0.05, 0.1) is 32.7 Å². The smallest absolute Gasteiger partial charge is 0.326 e. The number of aliphatic hydroxyl groups excluding tert-OH is 1. The molecule has 0 aromatic rings. The average molecular weight is 1060 g/mol. The number of carboxylic acids is 1. The standard InChI is InChI=1S/C45H81N13O14S/c1-9-24(5)36(43(69)50-21-35(63)52-29(17-23(3)4)40(66)55-28(45(71)72)14-16-73-8)58-44(70)37(25(6)10-2)57-38(64)26(7)51-34(62)20-49-39(65)27(13-11-12-15-46)54-41(67)30(18-32(48)60)56-42(68)31(22-59)53-33(61)19-47/h23-31,36-37,59H,9-22,46-47H2,1-8H3,(H2,48,60)(H,49,65)(H,50,69)(H,51,62)(H,52,63)(H,53,61)(H,54,67)(H,55,66)(H,56,68)(H,57,64)(H,58,70)(H,71,72)/t24-,25-,26-,27-,28-,29-,30+,31-,36-,37-/m0/s1. The van der Waals surface area contributed by atoms with Gasteiger partial charge in [0.1, 0.15) is 48.3 Å². The number of rotatable bonds is 37. The van der Waals surface area contributed by atoms with Gasteiger partial charge in [-0.1, -0.05) is 54.4 Å². The van der Waals surface area contributed by atoms with Crippen LogP contribution >= 0.6 is 11.8 Å². The van der Waals surface area contributed by atoms with Gasteiger partial charge in [0.25, 0.3) is 0 Å². The molecular weight excluding hydrogens is 979 g/mol. The number of carbonyl (C=O) groups excluding carboxylic acids is 11. The molecule has 0 aliphatic rings. The first-order valence-electron chi connectivity index (χ1n) is 24.3. The van der Waals surface area contributed by atoms with Crippen molar-refractivity contribution in [3.05, 3.63) is 0 Å². The van der Waals surface area contributed by atoms with Crippen molar-refractivity contribution in [3.8, 4) is 0 Å². The van der Waals surface area contributed by atoms with Crippen LogP contribution in [-0.2, 0) is 57.5 Å². The zero-order valence-corrected chi connectivity index (χ0v) is 44.0. The highest BCUT2D eigenvalue weighted by atomic mass is 32.2. The molecule has 10 atom stereocenters. The molecule has 27 nitrogen and oxygen atoms in total. The lowest BCUT2D eigenvalue weighted by Gasteiger charge is -2.29. The molecule has 28 heteroatoms. The summed E-state index contributed by atoms with van der Waals surface area (Å²) in [6.45, 7) is 9.39. The summed E-state index contributed by atoms with van der Waals surface area (Å²) >= 11 is 1.41.